The number of carbonyl (C=O) groups excluding carboxylic acids is 2. The molecule has 122 valence electrons. The Hall–Kier alpha value is -2.05. The summed E-state index contributed by atoms with van der Waals surface area (Å²) in [7, 11) is 0. The fraction of sp³-hybridized carbons (Fsp3) is 0.667. The molecule has 7 heteroatoms. The maximum Gasteiger partial charge on any atom is 0.317 e. The van der Waals surface area contributed by atoms with Crippen molar-refractivity contribution in [2.24, 2.45) is 0 Å². The molecule has 0 spiro atoms. The van der Waals surface area contributed by atoms with Crippen LogP contribution in [-0.2, 0) is 4.79 Å². The topological polar surface area (TPSA) is 79.3 Å². The maximum atomic E-state index is 12.4. The van der Waals surface area contributed by atoms with Gasteiger partial charge in [0.1, 0.15) is 6.04 Å². The van der Waals surface area contributed by atoms with Crippen molar-refractivity contribution in [1.29, 1.82) is 0 Å². The summed E-state index contributed by atoms with van der Waals surface area (Å²) < 4.78 is 1.69. The minimum atomic E-state index is -0.267. The first-order chi connectivity index (χ1) is 10.7. The summed E-state index contributed by atoms with van der Waals surface area (Å²) in [6.45, 7) is 5.87. The van der Waals surface area contributed by atoms with Crippen LogP contribution in [0.5, 0.6) is 0 Å². The van der Waals surface area contributed by atoms with Crippen LogP contribution in [0, 0.1) is 0 Å². The minimum Gasteiger partial charge on any atom is -0.351 e. The zero-order valence-electron chi connectivity index (χ0n) is 13.3. The van der Waals surface area contributed by atoms with E-state index < -0.39 is 0 Å². The van der Waals surface area contributed by atoms with Gasteiger partial charge < -0.3 is 15.5 Å². The third kappa shape index (κ3) is 3.99. The van der Waals surface area contributed by atoms with Crippen molar-refractivity contribution < 1.29 is 9.59 Å². The van der Waals surface area contributed by atoms with Crippen LogP contribution in [-0.4, -0.2) is 52.3 Å². The first-order valence-electron chi connectivity index (χ1n) is 7.98. The van der Waals surface area contributed by atoms with E-state index >= 15 is 0 Å². The number of nitrogens with one attached hydrogen (secondary N) is 2. The number of carbonyl (C=O) groups is 2. The zero-order valence-corrected chi connectivity index (χ0v) is 13.3. The second-order valence-corrected chi connectivity index (χ2v) is 5.52. The van der Waals surface area contributed by atoms with E-state index in [1.54, 1.807) is 15.8 Å². The quantitative estimate of drug-likeness (QED) is 0.856. The minimum absolute atomic E-state index is 0.00246. The lowest BCUT2D eigenvalue weighted by Gasteiger charge is -2.33. The van der Waals surface area contributed by atoms with Crippen LogP contribution in [0.15, 0.2) is 18.5 Å². The first-order valence-corrected chi connectivity index (χ1v) is 7.98. The van der Waals surface area contributed by atoms with E-state index in [1.807, 2.05) is 26.1 Å². The van der Waals surface area contributed by atoms with Gasteiger partial charge in [-0.25, -0.2) is 4.79 Å². The lowest BCUT2D eigenvalue weighted by Crippen LogP contribution is -2.50. The van der Waals surface area contributed by atoms with Crippen molar-refractivity contribution in [3.63, 3.8) is 0 Å². The van der Waals surface area contributed by atoms with Crippen molar-refractivity contribution in [3.8, 4) is 0 Å². The Labute approximate surface area is 131 Å². The number of urea groups is 1. The number of aromatic nitrogens is 2. The van der Waals surface area contributed by atoms with Crippen molar-refractivity contribution in [2.45, 2.75) is 45.2 Å². The highest BCUT2D eigenvalue weighted by Gasteiger charge is 2.26. The summed E-state index contributed by atoms with van der Waals surface area (Å²) in [5.74, 6) is 0.00246. The average molecular weight is 307 g/mol. The molecule has 0 saturated carbocycles. The highest BCUT2D eigenvalue weighted by Crippen LogP contribution is 2.14. The Morgan fingerprint density at radius 3 is 2.59 bits per heavy atom. The van der Waals surface area contributed by atoms with Gasteiger partial charge in [0.05, 0.1) is 0 Å². The van der Waals surface area contributed by atoms with Crippen LogP contribution in [0.25, 0.3) is 0 Å². The second-order valence-electron chi connectivity index (χ2n) is 5.52. The Kier molecular flexibility index (Phi) is 5.80. The molecule has 1 saturated heterocycles. The largest absolute Gasteiger partial charge is 0.351 e. The Morgan fingerprint density at radius 1 is 1.32 bits per heavy atom. The predicted octanol–water partition coefficient (Wildman–Crippen LogP) is 1.14. The number of likely N-dealkylation sites (tertiary alicyclic amines) is 1. The van der Waals surface area contributed by atoms with Crippen molar-refractivity contribution in [2.75, 3.05) is 19.6 Å². The number of piperidine rings is 1. The average Bonchev–Trinajstić information content (AvgIpc) is 3.03. The molecule has 1 aromatic heterocycles. The molecule has 2 N–H and O–H groups in total. The molecule has 0 radical (unpaired) electrons. The van der Waals surface area contributed by atoms with Crippen LogP contribution in [0.3, 0.4) is 0 Å². The highest BCUT2D eigenvalue weighted by molar-refractivity contribution is 5.80. The van der Waals surface area contributed by atoms with Crippen LogP contribution >= 0.6 is 0 Å². The van der Waals surface area contributed by atoms with Crippen LogP contribution in [0.4, 0.5) is 4.79 Å². The molecule has 1 atom stereocenters. The van der Waals surface area contributed by atoms with E-state index in [-0.39, 0.29) is 24.0 Å². The van der Waals surface area contributed by atoms with Crippen molar-refractivity contribution in [1.82, 2.24) is 25.3 Å². The fourth-order valence-electron chi connectivity index (χ4n) is 2.74. The number of hydrogen-bond acceptors (Lipinski definition) is 3. The van der Waals surface area contributed by atoms with Crippen LogP contribution < -0.4 is 10.6 Å². The maximum absolute atomic E-state index is 12.4. The molecule has 22 heavy (non-hydrogen) atoms. The van der Waals surface area contributed by atoms with Gasteiger partial charge in [-0.2, -0.15) is 5.10 Å². The molecule has 0 bridgehead atoms. The van der Waals surface area contributed by atoms with Gasteiger partial charge in [0.2, 0.25) is 5.91 Å². The number of rotatable bonds is 5. The predicted molar refractivity (Wildman–Crippen MR) is 83.4 cm³/mol. The summed E-state index contributed by atoms with van der Waals surface area (Å²) in [6.07, 6.45) is 5.77. The molecule has 1 aliphatic rings. The molecule has 1 aliphatic heterocycles. The monoisotopic (exact) mass is 307 g/mol. The summed E-state index contributed by atoms with van der Waals surface area (Å²) in [5, 5.41) is 10.0. The lowest BCUT2D eigenvalue weighted by molar-refractivity contribution is -0.125. The molecule has 3 amide bonds. The van der Waals surface area contributed by atoms with Gasteiger partial charge in [-0.1, -0.05) is 6.92 Å². The van der Waals surface area contributed by atoms with Crippen molar-refractivity contribution >= 4 is 11.9 Å². The fourth-order valence-corrected chi connectivity index (χ4v) is 2.74. The molecule has 0 aliphatic carbocycles. The van der Waals surface area contributed by atoms with E-state index in [9.17, 15) is 9.59 Å². The number of nitrogens with zero attached hydrogens (tertiary/aromatic N) is 3. The SMILES string of the molecule is CCNC(=O)N1CCC(NC(=O)[C@H](CC)n2cccn2)CC1. The summed E-state index contributed by atoms with van der Waals surface area (Å²) in [4.78, 5) is 25.9. The van der Waals surface area contributed by atoms with E-state index in [2.05, 4.69) is 15.7 Å². The Balaban J connectivity index is 1.82. The molecular formula is C15H25N5O2. The standard InChI is InChI=1S/C15H25N5O2/c1-3-13(20-9-5-8-17-20)14(21)18-12-6-10-19(11-7-12)15(22)16-4-2/h5,8-9,12-13H,3-4,6-7,10-11H2,1-2H3,(H,16,22)(H,18,21)/t13-/m0/s1. The smallest absolute Gasteiger partial charge is 0.317 e. The normalized spacial score (nSPS) is 17.1. The van der Waals surface area contributed by atoms with E-state index in [4.69, 9.17) is 0 Å². The van der Waals surface area contributed by atoms with E-state index in [0.717, 1.165) is 12.8 Å². The third-order valence-corrected chi connectivity index (χ3v) is 3.99. The van der Waals surface area contributed by atoms with Gasteiger partial charge in [-0.05, 0) is 32.3 Å². The highest BCUT2D eigenvalue weighted by atomic mass is 16.2. The van der Waals surface area contributed by atoms with Gasteiger partial charge in [0.25, 0.3) is 0 Å². The van der Waals surface area contributed by atoms with Gasteiger partial charge in [0.15, 0.2) is 0 Å². The summed E-state index contributed by atoms with van der Waals surface area (Å²) in [5.41, 5.74) is 0. The van der Waals surface area contributed by atoms with Crippen LogP contribution in [0.1, 0.15) is 39.2 Å². The molecule has 7 nitrogen and oxygen atoms in total. The number of hydrogen-bond donors (Lipinski definition) is 2. The Bertz CT molecular complexity index is 480. The van der Waals surface area contributed by atoms with E-state index in [0.29, 0.717) is 26.1 Å². The third-order valence-electron chi connectivity index (χ3n) is 3.99. The van der Waals surface area contributed by atoms with Crippen LogP contribution in [0.2, 0.25) is 0 Å². The molecule has 2 heterocycles. The lowest BCUT2D eigenvalue weighted by atomic mass is 10.0. The molecule has 2 rings (SSSR count). The van der Waals surface area contributed by atoms with E-state index in [1.165, 1.54) is 0 Å². The molecule has 1 aromatic rings. The number of amides is 3. The second kappa shape index (κ2) is 7.82. The van der Waals surface area contributed by atoms with Gasteiger partial charge in [-0.15, -0.1) is 0 Å². The van der Waals surface area contributed by atoms with Crippen molar-refractivity contribution in [3.05, 3.63) is 18.5 Å². The summed E-state index contributed by atoms with van der Waals surface area (Å²) in [6, 6.07) is 1.66. The van der Waals surface area contributed by atoms with Gasteiger partial charge in [0, 0.05) is 38.1 Å². The molecular weight excluding hydrogens is 282 g/mol. The summed E-state index contributed by atoms with van der Waals surface area (Å²) >= 11 is 0. The van der Waals surface area contributed by atoms with Gasteiger partial charge in [-0.3, -0.25) is 9.48 Å². The van der Waals surface area contributed by atoms with Gasteiger partial charge >= 0.3 is 6.03 Å². The molecule has 0 unspecified atom stereocenters. The first kappa shape index (κ1) is 16.3. The molecule has 1 fully saturated rings. The Morgan fingerprint density at radius 2 is 2.05 bits per heavy atom. The molecule has 0 aromatic carbocycles. The zero-order chi connectivity index (χ0) is 15.9.